The van der Waals surface area contributed by atoms with E-state index >= 15 is 0 Å². The zero-order valence-electron chi connectivity index (χ0n) is 16.4. The quantitative estimate of drug-likeness (QED) is 0.401. The summed E-state index contributed by atoms with van der Waals surface area (Å²) in [7, 11) is 0. The molecule has 0 saturated carbocycles. The zero-order chi connectivity index (χ0) is 19.8. The summed E-state index contributed by atoms with van der Waals surface area (Å²) in [5.41, 5.74) is 24.4. The molecule has 0 bridgehead atoms. The highest BCUT2D eigenvalue weighted by Crippen LogP contribution is 2.40. The Morgan fingerprint density at radius 3 is 1.90 bits per heavy atom. The zero-order valence-corrected chi connectivity index (χ0v) is 16.4. The SMILES string of the molecule is Nc1ccc(Cc2ccc3c(c2Cc2ccc(N)cc2)Cc2ccccc2-3)cc1. The Morgan fingerprint density at radius 2 is 1.21 bits per heavy atom. The molecule has 0 aromatic heterocycles. The van der Waals surface area contributed by atoms with Crippen molar-refractivity contribution in [3.8, 4) is 11.1 Å². The Bertz CT molecular complexity index is 1170. The number of benzene rings is 4. The maximum Gasteiger partial charge on any atom is 0.0314 e. The van der Waals surface area contributed by atoms with E-state index in [-0.39, 0.29) is 0 Å². The third-order valence-corrected chi connectivity index (χ3v) is 5.94. The first-order valence-corrected chi connectivity index (χ1v) is 10.1. The van der Waals surface area contributed by atoms with Crippen molar-refractivity contribution in [3.05, 3.63) is 118 Å². The van der Waals surface area contributed by atoms with Crippen LogP contribution in [0.4, 0.5) is 11.4 Å². The first kappa shape index (κ1) is 17.6. The van der Waals surface area contributed by atoms with Gasteiger partial charge in [-0.2, -0.15) is 0 Å². The molecule has 0 fully saturated rings. The smallest absolute Gasteiger partial charge is 0.0314 e. The molecule has 1 aliphatic carbocycles. The van der Waals surface area contributed by atoms with Crippen molar-refractivity contribution in [2.45, 2.75) is 19.3 Å². The van der Waals surface area contributed by atoms with E-state index in [1.165, 1.54) is 44.5 Å². The molecule has 5 rings (SSSR count). The van der Waals surface area contributed by atoms with Crippen molar-refractivity contribution >= 4 is 11.4 Å². The summed E-state index contributed by atoms with van der Waals surface area (Å²) in [4.78, 5) is 0. The lowest BCUT2D eigenvalue weighted by atomic mass is 9.88. The van der Waals surface area contributed by atoms with Gasteiger partial charge in [0.25, 0.3) is 0 Å². The molecule has 0 amide bonds. The average Bonchev–Trinajstić information content (AvgIpc) is 3.12. The fourth-order valence-electron chi connectivity index (χ4n) is 4.40. The van der Waals surface area contributed by atoms with Crippen LogP contribution in [0.25, 0.3) is 11.1 Å². The largest absolute Gasteiger partial charge is 0.399 e. The van der Waals surface area contributed by atoms with Crippen LogP contribution in [0.5, 0.6) is 0 Å². The molecular formula is C27H24N2. The van der Waals surface area contributed by atoms with Gasteiger partial charge >= 0.3 is 0 Å². The fourth-order valence-corrected chi connectivity index (χ4v) is 4.40. The van der Waals surface area contributed by atoms with Crippen molar-refractivity contribution in [2.75, 3.05) is 11.5 Å². The normalized spacial score (nSPS) is 11.9. The van der Waals surface area contributed by atoms with E-state index in [1.807, 2.05) is 24.3 Å². The topological polar surface area (TPSA) is 52.0 Å². The molecular weight excluding hydrogens is 352 g/mol. The van der Waals surface area contributed by atoms with Crippen molar-refractivity contribution in [1.29, 1.82) is 0 Å². The number of hydrogen-bond donors (Lipinski definition) is 2. The highest BCUT2D eigenvalue weighted by molar-refractivity contribution is 5.78. The van der Waals surface area contributed by atoms with Crippen LogP contribution in [0, 0.1) is 0 Å². The van der Waals surface area contributed by atoms with Gasteiger partial charge in [0, 0.05) is 11.4 Å². The maximum absolute atomic E-state index is 5.90. The summed E-state index contributed by atoms with van der Waals surface area (Å²) in [6.07, 6.45) is 2.83. The van der Waals surface area contributed by atoms with E-state index < -0.39 is 0 Å². The molecule has 142 valence electrons. The van der Waals surface area contributed by atoms with Gasteiger partial charge in [-0.3, -0.25) is 0 Å². The Morgan fingerprint density at radius 1 is 0.586 bits per heavy atom. The molecule has 2 heteroatoms. The molecule has 4 N–H and O–H groups in total. The number of fused-ring (bicyclic) bond motifs is 3. The van der Waals surface area contributed by atoms with E-state index in [2.05, 4.69) is 60.7 Å². The van der Waals surface area contributed by atoms with E-state index in [0.29, 0.717) is 0 Å². The first-order valence-electron chi connectivity index (χ1n) is 10.1. The molecule has 4 aromatic rings. The van der Waals surface area contributed by atoms with Crippen molar-refractivity contribution < 1.29 is 0 Å². The molecule has 0 unspecified atom stereocenters. The second-order valence-corrected chi connectivity index (χ2v) is 7.90. The predicted octanol–water partition coefficient (Wildman–Crippen LogP) is 5.60. The molecule has 0 aliphatic heterocycles. The Hall–Kier alpha value is -3.52. The lowest BCUT2D eigenvalue weighted by Crippen LogP contribution is -2.03. The van der Waals surface area contributed by atoms with Crippen LogP contribution in [0.3, 0.4) is 0 Å². The number of hydrogen-bond acceptors (Lipinski definition) is 2. The van der Waals surface area contributed by atoms with Crippen LogP contribution in [0.1, 0.15) is 33.4 Å². The van der Waals surface area contributed by atoms with Crippen LogP contribution in [-0.4, -0.2) is 0 Å². The van der Waals surface area contributed by atoms with Gasteiger partial charge in [-0.25, -0.2) is 0 Å². The number of anilines is 2. The van der Waals surface area contributed by atoms with Gasteiger partial charge in [-0.05, 0) is 88.0 Å². The average molecular weight is 377 g/mol. The van der Waals surface area contributed by atoms with Gasteiger partial charge in [0.1, 0.15) is 0 Å². The van der Waals surface area contributed by atoms with Crippen LogP contribution in [-0.2, 0) is 19.3 Å². The van der Waals surface area contributed by atoms with Crippen molar-refractivity contribution in [2.24, 2.45) is 0 Å². The minimum atomic E-state index is 0.806. The van der Waals surface area contributed by atoms with Gasteiger partial charge in [-0.1, -0.05) is 60.7 Å². The van der Waals surface area contributed by atoms with Crippen LogP contribution in [0.2, 0.25) is 0 Å². The molecule has 0 spiro atoms. The van der Waals surface area contributed by atoms with Gasteiger partial charge in [0.2, 0.25) is 0 Å². The second-order valence-electron chi connectivity index (χ2n) is 7.90. The highest BCUT2D eigenvalue weighted by Gasteiger charge is 2.22. The summed E-state index contributed by atoms with van der Waals surface area (Å²) in [6.45, 7) is 0. The molecule has 4 aromatic carbocycles. The van der Waals surface area contributed by atoms with Crippen molar-refractivity contribution in [3.63, 3.8) is 0 Å². The summed E-state index contributed by atoms with van der Waals surface area (Å²) in [5, 5.41) is 0. The molecule has 29 heavy (non-hydrogen) atoms. The number of rotatable bonds is 4. The summed E-state index contributed by atoms with van der Waals surface area (Å²) < 4.78 is 0. The summed E-state index contributed by atoms with van der Waals surface area (Å²) in [6, 6.07) is 29.9. The van der Waals surface area contributed by atoms with Crippen LogP contribution in [0.15, 0.2) is 84.9 Å². The summed E-state index contributed by atoms with van der Waals surface area (Å²) in [5.74, 6) is 0. The number of nitrogens with two attached hydrogens (primary N) is 2. The van der Waals surface area contributed by atoms with E-state index in [4.69, 9.17) is 11.5 Å². The molecule has 0 heterocycles. The Kier molecular flexibility index (Phi) is 4.33. The minimum Gasteiger partial charge on any atom is -0.399 e. The van der Waals surface area contributed by atoms with Crippen molar-refractivity contribution in [1.82, 2.24) is 0 Å². The molecule has 0 radical (unpaired) electrons. The predicted molar refractivity (Wildman–Crippen MR) is 122 cm³/mol. The lowest BCUT2D eigenvalue weighted by molar-refractivity contribution is 1.05. The van der Waals surface area contributed by atoms with E-state index in [1.54, 1.807) is 0 Å². The van der Waals surface area contributed by atoms with Gasteiger partial charge in [0.15, 0.2) is 0 Å². The van der Waals surface area contributed by atoms with Gasteiger partial charge in [-0.15, -0.1) is 0 Å². The fraction of sp³-hybridized carbons (Fsp3) is 0.111. The van der Waals surface area contributed by atoms with E-state index in [9.17, 15) is 0 Å². The molecule has 0 saturated heterocycles. The highest BCUT2D eigenvalue weighted by atomic mass is 14.5. The Labute approximate surface area is 171 Å². The first-order chi connectivity index (χ1) is 14.2. The second kappa shape index (κ2) is 7.14. The monoisotopic (exact) mass is 376 g/mol. The summed E-state index contributed by atoms with van der Waals surface area (Å²) >= 11 is 0. The Balaban J connectivity index is 1.59. The molecule has 0 atom stereocenters. The molecule has 1 aliphatic rings. The van der Waals surface area contributed by atoms with Gasteiger partial charge < -0.3 is 11.5 Å². The number of nitrogen functional groups attached to an aromatic ring is 2. The lowest BCUT2D eigenvalue weighted by Gasteiger charge is -2.16. The third kappa shape index (κ3) is 3.38. The van der Waals surface area contributed by atoms with E-state index in [0.717, 1.165) is 30.6 Å². The van der Waals surface area contributed by atoms with Crippen LogP contribution >= 0.6 is 0 Å². The third-order valence-electron chi connectivity index (χ3n) is 5.94. The standard InChI is InChI=1S/C27H24N2/c28-22-10-5-18(6-11-22)15-21-9-14-25-24-4-2-1-3-20(24)17-27(25)26(21)16-19-7-12-23(29)13-8-19/h1-14H,15-17,28-29H2. The minimum absolute atomic E-state index is 0.806. The maximum atomic E-state index is 5.90. The van der Waals surface area contributed by atoms with Gasteiger partial charge in [0.05, 0.1) is 0 Å². The molecule has 2 nitrogen and oxygen atoms in total. The van der Waals surface area contributed by atoms with Crippen LogP contribution < -0.4 is 11.5 Å².